The van der Waals surface area contributed by atoms with Gasteiger partial charge in [-0.1, -0.05) is 13.0 Å². The zero-order valence-corrected chi connectivity index (χ0v) is 11.6. The Hall–Kier alpha value is -1.75. The Bertz CT molecular complexity index is 569. The molecule has 2 rings (SSSR count). The van der Waals surface area contributed by atoms with Crippen LogP contribution in [0.15, 0.2) is 29.8 Å². The molecule has 0 aliphatic heterocycles. The van der Waals surface area contributed by atoms with Crippen LogP contribution in [0.1, 0.15) is 35.1 Å². The predicted octanol–water partition coefficient (Wildman–Crippen LogP) is 3.70. The van der Waals surface area contributed by atoms with Crippen molar-refractivity contribution in [1.29, 1.82) is 0 Å². The highest BCUT2D eigenvalue weighted by Gasteiger charge is 2.14. The fraction of sp³-hybridized carbons (Fsp3) is 0.286. The molecule has 0 aliphatic rings. The fourth-order valence-corrected chi connectivity index (χ4v) is 2.56. The maximum atomic E-state index is 13.6. The van der Waals surface area contributed by atoms with E-state index in [0.29, 0.717) is 12.2 Å². The summed E-state index contributed by atoms with van der Waals surface area (Å²) < 4.78 is 13.6. The van der Waals surface area contributed by atoms with Crippen LogP contribution >= 0.6 is 11.3 Å². The Morgan fingerprint density at radius 3 is 2.95 bits per heavy atom. The lowest BCUT2D eigenvalue weighted by Crippen LogP contribution is -2.13. The van der Waals surface area contributed by atoms with Gasteiger partial charge in [-0.05, 0) is 19.1 Å². The van der Waals surface area contributed by atoms with E-state index in [4.69, 9.17) is 0 Å². The molecule has 0 amide bonds. The number of rotatable bonds is 5. The lowest BCUT2D eigenvalue weighted by molar-refractivity contribution is 0.101. The standard InChI is InChI=1S/C14H15FN2OS/c1-9(14-16-6-7-19-14)8-17-12-5-3-4-11(15)13(12)10(2)18/h3-7,9,17H,8H2,1-2H3. The SMILES string of the molecule is CC(=O)c1c(F)cccc1NCC(C)c1nccs1. The Balaban J connectivity index is 2.12. The minimum atomic E-state index is -0.487. The van der Waals surface area contributed by atoms with E-state index in [2.05, 4.69) is 10.3 Å². The van der Waals surface area contributed by atoms with Gasteiger partial charge in [0, 0.05) is 29.7 Å². The van der Waals surface area contributed by atoms with E-state index in [1.54, 1.807) is 29.7 Å². The number of Topliss-reactive ketones (excluding diaryl/α,β-unsaturated/α-hetero) is 1. The number of anilines is 1. The molecule has 100 valence electrons. The third kappa shape index (κ3) is 3.17. The minimum absolute atomic E-state index is 0.119. The van der Waals surface area contributed by atoms with Gasteiger partial charge in [0.1, 0.15) is 5.82 Å². The number of carbonyl (C=O) groups is 1. The van der Waals surface area contributed by atoms with Crippen LogP contribution in [-0.2, 0) is 0 Å². The topological polar surface area (TPSA) is 42.0 Å². The van der Waals surface area contributed by atoms with Crippen LogP contribution < -0.4 is 5.32 Å². The van der Waals surface area contributed by atoms with Crippen LogP contribution in [0.3, 0.4) is 0 Å². The highest BCUT2D eigenvalue weighted by Crippen LogP contribution is 2.22. The number of hydrogen-bond acceptors (Lipinski definition) is 4. The molecule has 0 saturated carbocycles. The molecule has 0 saturated heterocycles. The van der Waals surface area contributed by atoms with E-state index < -0.39 is 5.82 Å². The molecule has 19 heavy (non-hydrogen) atoms. The van der Waals surface area contributed by atoms with Gasteiger partial charge in [0.05, 0.1) is 10.6 Å². The average Bonchev–Trinajstić information content (AvgIpc) is 2.89. The first-order valence-corrected chi connectivity index (χ1v) is 6.90. The van der Waals surface area contributed by atoms with E-state index in [1.165, 1.54) is 13.0 Å². The Labute approximate surface area is 115 Å². The van der Waals surface area contributed by atoms with Crippen molar-refractivity contribution >= 4 is 22.8 Å². The van der Waals surface area contributed by atoms with Crippen molar-refractivity contribution in [1.82, 2.24) is 4.98 Å². The number of nitrogens with zero attached hydrogens (tertiary/aromatic N) is 1. The summed E-state index contributed by atoms with van der Waals surface area (Å²) in [6.07, 6.45) is 1.76. The molecule has 1 N–H and O–H groups in total. The molecular weight excluding hydrogens is 263 g/mol. The molecule has 1 aromatic heterocycles. The summed E-state index contributed by atoms with van der Waals surface area (Å²) in [5, 5.41) is 6.08. The second kappa shape index (κ2) is 5.93. The minimum Gasteiger partial charge on any atom is -0.384 e. The largest absolute Gasteiger partial charge is 0.384 e. The summed E-state index contributed by atoms with van der Waals surface area (Å²) >= 11 is 1.59. The predicted molar refractivity (Wildman–Crippen MR) is 75.4 cm³/mol. The molecule has 2 aromatic rings. The summed E-state index contributed by atoms with van der Waals surface area (Å²) in [6.45, 7) is 4.02. The molecule has 0 bridgehead atoms. The van der Waals surface area contributed by atoms with Crippen molar-refractivity contribution in [2.24, 2.45) is 0 Å². The van der Waals surface area contributed by atoms with Crippen LogP contribution in [0, 0.1) is 5.82 Å². The molecule has 1 aromatic carbocycles. The molecule has 5 heteroatoms. The van der Waals surface area contributed by atoms with Crippen LogP contribution in [-0.4, -0.2) is 17.3 Å². The van der Waals surface area contributed by atoms with E-state index in [1.807, 2.05) is 12.3 Å². The van der Waals surface area contributed by atoms with Crippen LogP contribution in [0.5, 0.6) is 0 Å². The monoisotopic (exact) mass is 278 g/mol. The number of thiazole rings is 1. The van der Waals surface area contributed by atoms with Crippen molar-refractivity contribution in [3.05, 3.63) is 46.2 Å². The number of ketones is 1. The van der Waals surface area contributed by atoms with Crippen LogP contribution in [0.4, 0.5) is 10.1 Å². The number of benzene rings is 1. The summed E-state index contributed by atoms with van der Waals surface area (Å²) in [7, 11) is 0. The molecule has 1 heterocycles. The number of hydrogen-bond donors (Lipinski definition) is 1. The molecule has 3 nitrogen and oxygen atoms in total. The number of aromatic nitrogens is 1. The van der Waals surface area contributed by atoms with Crippen molar-refractivity contribution in [2.75, 3.05) is 11.9 Å². The van der Waals surface area contributed by atoms with E-state index in [0.717, 1.165) is 5.01 Å². The van der Waals surface area contributed by atoms with Crippen LogP contribution in [0.2, 0.25) is 0 Å². The van der Waals surface area contributed by atoms with Gasteiger partial charge in [-0.2, -0.15) is 0 Å². The Morgan fingerprint density at radius 2 is 2.32 bits per heavy atom. The zero-order valence-electron chi connectivity index (χ0n) is 10.8. The van der Waals surface area contributed by atoms with Gasteiger partial charge in [0.15, 0.2) is 5.78 Å². The van der Waals surface area contributed by atoms with Gasteiger partial charge in [-0.3, -0.25) is 4.79 Å². The van der Waals surface area contributed by atoms with Crippen molar-refractivity contribution in [3.63, 3.8) is 0 Å². The second-order valence-electron chi connectivity index (χ2n) is 4.37. The summed E-state index contributed by atoms with van der Waals surface area (Å²) in [4.78, 5) is 15.7. The quantitative estimate of drug-likeness (QED) is 0.848. The first kappa shape index (κ1) is 13.7. The Kier molecular flexibility index (Phi) is 4.27. The number of nitrogens with one attached hydrogen (secondary N) is 1. The van der Waals surface area contributed by atoms with Crippen LogP contribution in [0.25, 0.3) is 0 Å². The Morgan fingerprint density at radius 1 is 1.53 bits per heavy atom. The first-order chi connectivity index (χ1) is 9.09. The normalized spacial score (nSPS) is 12.2. The average molecular weight is 278 g/mol. The summed E-state index contributed by atoms with van der Waals surface area (Å²) in [5.74, 6) is -0.551. The van der Waals surface area contributed by atoms with Gasteiger partial charge in [-0.25, -0.2) is 9.37 Å². The molecule has 0 radical (unpaired) electrons. The highest BCUT2D eigenvalue weighted by atomic mass is 32.1. The molecule has 0 spiro atoms. The fourth-order valence-electron chi connectivity index (χ4n) is 1.86. The third-order valence-corrected chi connectivity index (χ3v) is 3.84. The molecule has 0 fully saturated rings. The van der Waals surface area contributed by atoms with Crippen molar-refractivity contribution < 1.29 is 9.18 Å². The molecule has 0 aliphatic carbocycles. The van der Waals surface area contributed by atoms with Gasteiger partial charge >= 0.3 is 0 Å². The van der Waals surface area contributed by atoms with Gasteiger partial charge < -0.3 is 5.32 Å². The smallest absolute Gasteiger partial charge is 0.164 e. The highest BCUT2D eigenvalue weighted by molar-refractivity contribution is 7.09. The van der Waals surface area contributed by atoms with Gasteiger partial charge in [0.2, 0.25) is 0 Å². The lowest BCUT2D eigenvalue weighted by atomic mass is 10.1. The van der Waals surface area contributed by atoms with Crippen molar-refractivity contribution in [2.45, 2.75) is 19.8 Å². The molecule has 1 atom stereocenters. The number of halogens is 1. The third-order valence-electron chi connectivity index (χ3n) is 2.84. The zero-order chi connectivity index (χ0) is 13.8. The lowest BCUT2D eigenvalue weighted by Gasteiger charge is -2.14. The molecular formula is C14H15FN2OS. The van der Waals surface area contributed by atoms with Gasteiger partial charge in [0.25, 0.3) is 0 Å². The summed E-state index contributed by atoms with van der Waals surface area (Å²) in [5.41, 5.74) is 0.657. The number of carbonyl (C=O) groups excluding carboxylic acids is 1. The first-order valence-electron chi connectivity index (χ1n) is 6.02. The second-order valence-corrected chi connectivity index (χ2v) is 5.30. The maximum Gasteiger partial charge on any atom is 0.164 e. The van der Waals surface area contributed by atoms with E-state index >= 15 is 0 Å². The summed E-state index contributed by atoms with van der Waals surface area (Å²) in [6, 6.07) is 4.61. The molecule has 1 unspecified atom stereocenters. The van der Waals surface area contributed by atoms with Crippen molar-refractivity contribution in [3.8, 4) is 0 Å². The maximum absolute atomic E-state index is 13.6. The van der Waals surface area contributed by atoms with E-state index in [-0.39, 0.29) is 17.3 Å². The van der Waals surface area contributed by atoms with E-state index in [9.17, 15) is 9.18 Å². The van der Waals surface area contributed by atoms with Gasteiger partial charge in [-0.15, -0.1) is 11.3 Å².